The Balaban J connectivity index is 2.01. The Labute approximate surface area is 127 Å². The van der Waals surface area contributed by atoms with Crippen molar-refractivity contribution in [3.05, 3.63) is 18.1 Å². The van der Waals surface area contributed by atoms with Gasteiger partial charge in [-0.1, -0.05) is 0 Å². The van der Waals surface area contributed by atoms with Gasteiger partial charge >= 0.3 is 0 Å². The lowest BCUT2D eigenvalue weighted by molar-refractivity contribution is -0.0430. The molecule has 0 spiro atoms. The van der Waals surface area contributed by atoms with Gasteiger partial charge in [-0.2, -0.15) is 0 Å². The van der Waals surface area contributed by atoms with Crippen LogP contribution in [0.3, 0.4) is 0 Å². The van der Waals surface area contributed by atoms with Gasteiger partial charge in [0.1, 0.15) is 30.1 Å². The summed E-state index contributed by atoms with van der Waals surface area (Å²) in [4.78, 5) is 8.36. The van der Waals surface area contributed by atoms with Gasteiger partial charge in [0, 0.05) is 12.6 Å². The van der Waals surface area contributed by atoms with E-state index in [2.05, 4.69) is 9.97 Å². The molecule has 3 atom stereocenters. The average molecular weight is 307 g/mol. The number of hydrogen-bond acceptors (Lipinski definition) is 7. The zero-order chi connectivity index (χ0) is 15.7. The summed E-state index contributed by atoms with van der Waals surface area (Å²) in [6, 6.07) is 0. The average Bonchev–Trinajstić information content (AvgIpc) is 3.06. The first-order valence-corrected chi connectivity index (χ1v) is 7.40. The van der Waals surface area contributed by atoms with Crippen molar-refractivity contribution in [1.29, 1.82) is 0 Å². The van der Waals surface area contributed by atoms with Crippen molar-refractivity contribution in [2.75, 3.05) is 18.9 Å². The highest BCUT2D eigenvalue weighted by Gasteiger charge is 2.35. The summed E-state index contributed by atoms with van der Waals surface area (Å²) in [5.41, 5.74) is 13.3. The number of nitrogen functional groups attached to an aromatic ring is 1. The molecule has 8 heteroatoms. The summed E-state index contributed by atoms with van der Waals surface area (Å²) >= 11 is 0. The standard InChI is InChI=1S/C14H21N5O3/c15-3-1-2-8-5-19(11-4-9(21)10(6-20)22-11)14-12(8)13(16)17-7-18-14/h5,7,9-11,20-21H,1-4,6,15H2,(H2,16,17,18)/t9-,10+,11+/m0/s1. The lowest BCUT2D eigenvalue weighted by atomic mass is 10.1. The number of fused-ring (bicyclic) bond motifs is 1. The van der Waals surface area contributed by atoms with Crippen LogP contribution < -0.4 is 11.5 Å². The topological polar surface area (TPSA) is 132 Å². The minimum Gasteiger partial charge on any atom is -0.394 e. The highest BCUT2D eigenvalue weighted by atomic mass is 16.5. The van der Waals surface area contributed by atoms with Crippen LogP contribution in [-0.4, -0.2) is 50.1 Å². The van der Waals surface area contributed by atoms with Crippen molar-refractivity contribution >= 4 is 16.9 Å². The number of aryl methyl sites for hydroxylation is 1. The van der Waals surface area contributed by atoms with Crippen LogP contribution in [0.4, 0.5) is 5.82 Å². The highest BCUT2D eigenvalue weighted by molar-refractivity contribution is 5.89. The number of aliphatic hydroxyl groups is 2. The maximum absolute atomic E-state index is 9.92. The first-order chi connectivity index (χ1) is 10.7. The zero-order valence-electron chi connectivity index (χ0n) is 12.2. The summed E-state index contributed by atoms with van der Waals surface area (Å²) in [7, 11) is 0. The van der Waals surface area contributed by atoms with E-state index in [1.807, 2.05) is 10.8 Å². The van der Waals surface area contributed by atoms with Gasteiger partial charge in [-0.25, -0.2) is 9.97 Å². The Morgan fingerprint density at radius 3 is 2.91 bits per heavy atom. The largest absolute Gasteiger partial charge is 0.394 e. The van der Waals surface area contributed by atoms with Gasteiger partial charge in [-0.3, -0.25) is 0 Å². The number of aromatic nitrogens is 3. The molecule has 0 amide bonds. The summed E-state index contributed by atoms with van der Waals surface area (Å²) in [5.74, 6) is 0.424. The number of rotatable bonds is 5. The van der Waals surface area contributed by atoms with Crippen LogP contribution in [-0.2, 0) is 11.2 Å². The molecule has 3 rings (SSSR count). The number of nitrogens with two attached hydrogens (primary N) is 2. The second-order valence-corrected chi connectivity index (χ2v) is 5.53. The van der Waals surface area contributed by atoms with Gasteiger partial charge in [-0.15, -0.1) is 0 Å². The van der Waals surface area contributed by atoms with E-state index in [-0.39, 0.29) is 12.8 Å². The molecule has 1 aliphatic rings. The summed E-state index contributed by atoms with van der Waals surface area (Å²) in [5, 5.41) is 20.0. The predicted octanol–water partition coefficient (Wildman–Crippen LogP) is -0.455. The van der Waals surface area contributed by atoms with Crippen LogP contribution in [0, 0.1) is 0 Å². The molecule has 2 aromatic heterocycles. The Hall–Kier alpha value is -1.74. The van der Waals surface area contributed by atoms with Crippen molar-refractivity contribution < 1.29 is 14.9 Å². The van der Waals surface area contributed by atoms with Crippen LogP contribution in [0.1, 0.15) is 24.6 Å². The minimum absolute atomic E-state index is 0.214. The fourth-order valence-corrected chi connectivity index (χ4v) is 2.94. The second kappa shape index (κ2) is 6.17. The number of aliphatic hydroxyl groups excluding tert-OH is 2. The zero-order valence-corrected chi connectivity index (χ0v) is 12.2. The third-order valence-corrected chi connectivity index (χ3v) is 4.06. The molecule has 2 aromatic rings. The molecular formula is C14H21N5O3. The first-order valence-electron chi connectivity index (χ1n) is 7.40. The number of nitrogens with zero attached hydrogens (tertiary/aromatic N) is 3. The molecule has 120 valence electrons. The maximum atomic E-state index is 9.92. The van der Waals surface area contributed by atoms with Crippen molar-refractivity contribution in [2.24, 2.45) is 5.73 Å². The molecule has 0 radical (unpaired) electrons. The molecule has 3 heterocycles. The third-order valence-electron chi connectivity index (χ3n) is 4.06. The maximum Gasteiger partial charge on any atom is 0.147 e. The highest BCUT2D eigenvalue weighted by Crippen LogP contribution is 2.34. The summed E-state index contributed by atoms with van der Waals surface area (Å²) < 4.78 is 7.57. The SMILES string of the molecule is NCCCc1cn([C@H]2C[C@H](O)[C@@H](CO)O2)c2ncnc(N)c12. The van der Waals surface area contributed by atoms with Gasteiger partial charge in [-0.05, 0) is 24.9 Å². The molecular weight excluding hydrogens is 286 g/mol. The smallest absolute Gasteiger partial charge is 0.147 e. The molecule has 8 nitrogen and oxygen atoms in total. The van der Waals surface area contributed by atoms with Crippen LogP contribution in [0.15, 0.2) is 12.5 Å². The van der Waals surface area contributed by atoms with E-state index in [0.29, 0.717) is 24.4 Å². The molecule has 22 heavy (non-hydrogen) atoms. The van der Waals surface area contributed by atoms with E-state index in [9.17, 15) is 10.2 Å². The number of hydrogen-bond donors (Lipinski definition) is 4. The molecule has 0 aliphatic carbocycles. The monoisotopic (exact) mass is 307 g/mol. The normalized spacial score (nSPS) is 25.1. The Bertz CT molecular complexity index is 659. The first kappa shape index (κ1) is 15.2. The fourth-order valence-electron chi connectivity index (χ4n) is 2.94. The van der Waals surface area contributed by atoms with Gasteiger partial charge < -0.3 is 31.0 Å². The van der Waals surface area contributed by atoms with Crippen LogP contribution in [0.2, 0.25) is 0 Å². The molecule has 0 unspecified atom stereocenters. The Morgan fingerprint density at radius 2 is 2.23 bits per heavy atom. The third kappa shape index (κ3) is 2.54. The van der Waals surface area contributed by atoms with E-state index in [4.69, 9.17) is 16.2 Å². The molecule has 1 aliphatic heterocycles. The quantitative estimate of drug-likeness (QED) is 0.588. The van der Waals surface area contributed by atoms with Crippen molar-refractivity contribution in [3.8, 4) is 0 Å². The van der Waals surface area contributed by atoms with Gasteiger partial charge in [0.05, 0.1) is 18.1 Å². The van der Waals surface area contributed by atoms with E-state index in [1.165, 1.54) is 6.33 Å². The predicted molar refractivity (Wildman–Crippen MR) is 80.9 cm³/mol. The van der Waals surface area contributed by atoms with Crippen molar-refractivity contribution in [1.82, 2.24) is 14.5 Å². The Kier molecular flexibility index (Phi) is 4.25. The van der Waals surface area contributed by atoms with Gasteiger partial charge in [0.15, 0.2) is 0 Å². The lowest BCUT2D eigenvalue weighted by Crippen LogP contribution is -2.24. The summed E-state index contributed by atoms with van der Waals surface area (Å²) in [6.45, 7) is 0.375. The molecule has 6 N–H and O–H groups in total. The fraction of sp³-hybridized carbons (Fsp3) is 0.571. The van der Waals surface area contributed by atoms with E-state index < -0.39 is 12.2 Å². The molecule has 1 fully saturated rings. The molecule has 0 bridgehead atoms. The van der Waals surface area contributed by atoms with Crippen molar-refractivity contribution in [3.63, 3.8) is 0 Å². The van der Waals surface area contributed by atoms with Crippen molar-refractivity contribution in [2.45, 2.75) is 37.7 Å². The van der Waals surface area contributed by atoms with E-state index in [1.54, 1.807) is 0 Å². The van der Waals surface area contributed by atoms with E-state index >= 15 is 0 Å². The van der Waals surface area contributed by atoms with Crippen LogP contribution >= 0.6 is 0 Å². The lowest BCUT2D eigenvalue weighted by Gasteiger charge is -2.14. The molecule has 1 saturated heterocycles. The van der Waals surface area contributed by atoms with E-state index in [0.717, 1.165) is 23.8 Å². The van der Waals surface area contributed by atoms with Gasteiger partial charge in [0.25, 0.3) is 0 Å². The summed E-state index contributed by atoms with van der Waals surface area (Å²) in [6.07, 6.45) is 3.70. The Morgan fingerprint density at radius 1 is 1.41 bits per heavy atom. The van der Waals surface area contributed by atoms with Crippen LogP contribution in [0.25, 0.3) is 11.0 Å². The number of ether oxygens (including phenoxy) is 1. The van der Waals surface area contributed by atoms with Crippen LogP contribution in [0.5, 0.6) is 0 Å². The molecule has 0 saturated carbocycles. The minimum atomic E-state index is -0.695. The van der Waals surface area contributed by atoms with Gasteiger partial charge in [0.2, 0.25) is 0 Å². The second-order valence-electron chi connectivity index (χ2n) is 5.53. The molecule has 0 aromatic carbocycles. The number of anilines is 1.